The highest BCUT2D eigenvalue weighted by Gasteiger charge is 2.22. The van der Waals surface area contributed by atoms with E-state index < -0.39 is 0 Å². The van der Waals surface area contributed by atoms with E-state index in [4.69, 9.17) is 0 Å². The Hall–Kier alpha value is -0.870. The number of hydrogen-bond acceptors (Lipinski definition) is 3. The summed E-state index contributed by atoms with van der Waals surface area (Å²) in [7, 11) is 1.89. The molecular formula is C10H17N3O. The molecule has 0 amide bonds. The summed E-state index contributed by atoms with van der Waals surface area (Å²) >= 11 is 0. The SMILES string of the molecule is Cn1cc(C(CO)NC2CCC2)cn1. The molecule has 2 rings (SSSR count). The first kappa shape index (κ1) is 9.68. The average molecular weight is 195 g/mol. The molecule has 2 N–H and O–H groups in total. The Kier molecular flexibility index (Phi) is 2.84. The van der Waals surface area contributed by atoms with Gasteiger partial charge in [-0.25, -0.2) is 0 Å². The van der Waals surface area contributed by atoms with Crippen LogP contribution in [0.5, 0.6) is 0 Å². The number of aliphatic hydroxyl groups excluding tert-OH is 1. The van der Waals surface area contributed by atoms with Gasteiger partial charge in [-0.2, -0.15) is 5.10 Å². The average Bonchev–Trinajstić information content (AvgIpc) is 2.50. The van der Waals surface area contributed by atoms with Crippen LogP contribution in [-0.2, 0) is 7.05 Å². The Morgan fingerprint density at radius 2 is 2.50 bits per heavy atom. The zero-order valence-electron chi connectivity index (χ0n) is 8.48. The lowest BCUT2D eigenvalue weighted by atomic mass is 9.92. The van der Waals surface area contributed by atoms with E-state index in [9.17, 15) is 5.11 Å². The smallest absolute Gasteiger partial charge is 0.0627 e. The monoisotopic (exact) mass is 195 g/mol. The van der Waals surface area contributed by atoms with Crippen molar-refractivity contribution in [3.63, 3.8) is 0 Å². The molecule has 0 saturated heterocycles. The minimum absolute atomic E-state index is 0.0500. The Bertz CT molecular complexity index is 293. The molecule has 1 aliphatic rings. The van der Waals surface area contributed by atoms with E-state index in [1.165, 1.54) is 19.3 Å². The summed E-state index contributed by atoms with van der Waals surface area (Å²) in [6, 6.07) is 0.640. The van der Waals surface area contributed by atoms with Gasteiger partial charge in [-0.1, -0.05) is 6.42 Å². The molecule has 0 bridgehead atoms. The van der Waals surface area contributed by atoms with E-state index in [0.29, 0.717) is 6.04 Å². The molecule has 0 aromatic carbocycles. The van der Waals surface area contributed by atoms with Crippen molar-refractivity contribution in [2.24, 2.45) is 7.05 Å². The number of rotatable bonds is 4. The van der Waals surface area contributed by atoms with Crippen LogP contribution in [-0.4, -0.2) is 27.5 Å². The molecule has 0 aliphatic heterocycles. The number of nitrogens with zero attached hydrogens (tertiary/aromatic N) is 2. The van der Waals surface area contributed by atoms with E-state index in [0.717, 1.165) is 5.56 Å². The first-order valence-electron chi connectivity index (χ1n) is 5.15. The van der Waals surface area contributed by atoms with E-state index in [-0.39, 0.29) is 12.6 Å². The third kappa shape index (κ3) is 1.96. The lowest BCUT2D eigenvalue weighted by Gasteiger charge is -2.30. The molecule has 1 heterocycles. The molecule has 1 aromatic rings. The van der Waals surface area contributed by atoms with E-state index in [2.05, 4.69) is 10.4 Å². The predicted molar refractivity (Wildman–Crippen MR) is 53.8 cm³/mol. The van der Waals surface area contributed by atoms with Crippen LogP contribution in [0.3, 0.4) is 0 Å². The van der Waals surface area contributed by atoms with Crippen molar-refractivity contribution in [3.8, 4) is 0 Å². The molecule has 1 atom stereocenters. The predicted octanol–water partition coefficient (Wildman–Crippen LogP) is 0.596. The second-order valence-corrected chi connectivity index (χ2v) is 3.98. The van der Waals surface area contributed by atoms with Crippen LogP contribution in [0.2, 0.25) is 0 Å². The number of hydrogen-bond donors (Lipinski definition) is 2. The van der Waals surface area contributed by atoms with Gasteiger partial charge in [-0.3, -0.25) is 4.68 Å². The molecule has 0 spiro atoms. The number of aromatic nitrogens is 2. The highest BCUT2D eigenvalue weighted by molar-refractivity contribution is 5.10. The van der Waals surface area contributed by atoms with Crippen LogP contribution < -0.4 is 5.32 Å². The summed E-state index contributed by atoms with van der Waals surface area (Å²) < 4.78 is 1.76. The zero-order valence-corrected chi connectivity index (χ0v) is 8.48. The molecule has 1 aliphatic carbocycles. The normalized spacial score (nSPS) is 19.3. The maximum Gasteiger partial charge on any atom is 0.0627 e. The van der Waals surface area contributed by atoms with E-state index in [1.807, 2.05) is 19.4 Å². The van der Waals surface area contributed by atoms with Crippen LogP contribution >= 0.6 is 0 Å². The van der Waals surface area contributed by atoms with Crippen molar-refractivity contribution < 1.29 is 5.11 Å². The fourth-order valence-corrected chi connectivity index (χ4v) is 1.73. The van der Waals surface area contributed by atoms with Crippen molar-refractivity contribution in [1.29, 1.82) is 0 Å². The Balaban J connectivity index is 1.97. The summed E-state index contributed by atoms with van der Waals surface area (Å²) in [6.07, 6.45) is 7.54. The summed E-state index contributed by atoms with van der Waals surface area (Å²) in [5.41, 5.74) is 1.07. The van der Waals surface area contributed by atoms with Crippen LogP contribution in [0, 0.1) is 0 Å². The molecule has 4 nitrogen and oxygen atoms in total. The Labute approximate surface area is 83.9 Å². The highest BCUT2D eigenvalue weighted by Crippen LogP contribution is 2.22. The van der Waals surface area contributed by atoms with Gasteiger partial charge in [0.1, 0.15) is 0 Å². The van der Waals surface area contributed by atoms with Crippen molar-refractivity contribution in [2.45, 2.75) is 31.3 Å². The molecule has 4 heteroatoms. The third-order valence-corrected chi connectivity index (χ3v) is 2.85. The van der Waals surface area contributed by atoms with Gasteiger partial charge in [-0.15, -0.1) is 0 Å². The van der Waals surface area contributed by atoms with Crippen LogP contribution in [0.15, 0.2) is 12.4 Å². The molecule has 1 aromatic heterocycles. The van der Waals surface area contributed by atoms with Gasteiger partial charge in [0.2, 0.25) is 0 Å². The van der Waals surface area contributed by atoms with Crippen molar-refractivity contribution in [3.05, 3.63) is 18.0 Å². The summed E-state index contributed by atoms with van der Waals surface area (Å²) in [6.45, 7) is 0.141. The second kappa shape index (κ2) is 4.11. The summed E-state index contributed by atoms with van der Waals surface area (Å²) in [5, 5.41) is 16.8. The summed E-state index contributed by atoms with van der Waals surface area (Å²) in [4.78, 5) is 0. The van der Waals surface area contributed by atoms with Gasteiger partial charge >= 0.3 is 0 Å². The van der Waals surface area contributed by atoms with Gasteiger partial charge < -0.3 is 10.4 Å². The number of aryl methyl sites for hydroxylation is 1. The molecule has 1 saturated carbocycles. The standard InChI is InChI=1S/C10H17N3O/c1-13-6-8(5-11-13)10(7-14)12-9-3-2-4-9/h5-6,9-10,12,14H,2-4,7H2,1H3. The maximum atomic E-state index is 9.26. The van der Waals surface area contributed by atoms with Gasteiger partial charge in [-0.05, 0) is 12.8 Å². The van der Waals surface area contributed by atoms with Gasteiger partial charge in [0.25, 0.3) is 0 Å². The van der Waals surface area contributed by atoms with E-state index in [1.54, 1.807) is 4.68 Å². The second-order valence-electron chi connectivity index (χ2n) is 3.98. The first-order valence-corrected chi connectivity index (χ1v) is 5.15. The highest BCUT2D eigenvalue weighted by atomic mass is 16.3. The van der Waals surface area contributed by atoms with Crippen molar-refractivity contribution in [1.82, 2.24) is 15.1 Å². The van der Waals surface area contributed by atoms with Crippen molar-refractivity contribution >= 4 is 0 Å². The van der Waals surface area contributed by atoms with Crippen LogP contribution in [0.4, 0.5) is 0 Å². The van der Waals surface area contributed by atoms with Gasteiger partial charge in [0, 0.05) is 24.8 Å². The fraction of sp³-hybridized carbons (Fsp3) is 0.700. The first-order chi connectivity index (χ1) is 6.79. The van der Waals surface area contributed by atoms with Crippen LogP contribution in [0.1, 0.15) is 30.9 Å². The zero-order chi connectivity index (χ0) is 9.97. The third-order valence-electron chi connectivity index (χ3n) is 2.85. The number of aliphatic hydroxyl groups is 1. The lowest BCUT2D eigenvalue weighted by Crippen LogP contribution is -2.39. The van der Waals surface area contributed by atoms with Gasteiger partial charge in [0.05, 0.1) is 18.8 Å². The largest absolute Gasteiger partial charge is 0.394 e. The van der Waals surface area contributed by atoms with Crippen molar-refractivity contribution in [2.75, 3.05) is 6.61 Å². The Morgan fingerprint density at radius 1 is 1.71 bits per heavy atom. The lowest BCUT2D eigenvalue weighted by molar-refractivity contribution is 0.209. The molecule has 1 unspecified atom stereocenters. The molecule has 1 fully saturated rings. The summed E-state index contributed by atoms with van der Waals surface area (Å²) in [5.74, 6) is 0. The fourth-order valence-electron chi connectivity index (χ4n) is 1.73. The quantitative estimate of drug-likeness (QED) is 0.739. The Morgan fingerprint density at radius 3 is 2.93 bits per heavy atom. The number of nitrogens with one attached hydrogen (secondary N) is 1. The van der Waals surface area contributed by atoms with Crippen LogP contribution in [0.25, 0.3) is 0 Å². The van der Waals surface area contributed by atoms with E-state index >= 15 is 0 Å². The molecular weight excluding hydrogens is 178 g/mol. The molecule has 0 radical (unpaired) electrons. The van der Waals surface area contributed by atoms with Gasteiger partial charge in [0.15, 0.2) is 0 Å². The molecule has 78 valence electrons. The minimum Gasteiger partial charge on any atom is -0.394 e. The minimum atomic E-state index is 0.0500. The topological polar surface area (TPSA) is 50.1 Å². The maximum absolute atomic E-state index is 9.26. The molecule has 14 heavy (non-hydrogen) atoms.